The molecule has 0 bridgehead atoms. The van der Waals surface area contributed by atoms with Gasteiger partial charge in [-0.05, 0) is 24.1 Å². The van der Waals surface area contributed by atoms with Crippen molar-refractivity contribution in [2.45, 2.75) is 26.3 Å². The molecule has 0 amide bonds. The summed E-state index contributed by atoms with van der Waals surface area (Å²) in [5, 5.41) is 4.10. The van der Waals surface area contributed by atoms with Gasteiger partial charge in [-0.2, -0.15) is 5.10 Å². The lowest BCUT2D eigenvalue weighted by Crippen LogP contribution is -2.07. The van der Waals surface area contributed by atoms with Crippen LogP contribution in [0, 0.1) is 5.82 Å². The van der Waals surface area contributed by atoms with E-state index in [1.165, 1.54) is 6.07 Å². The standard InChI is InChI=1S/C14H15FN2O/c1-2-17-10-11(9-16-17)7-13(18)8-12-5-3-4-6-14(12)15/h3-6,9-10H,2,7-8H2,1H3. The smallest absolute Gasteiger partial charge is 0.141 e. The van der Waals surface area contributed by atoms with Gasteiger partial charge in [-0.25, -0.2) is 4.39 Å². The van der Waals surface area contributed by atoms with Crippen LogP contribution in [0.3, 0.4) is 0 Å². The third-order valence-corrected chi connectivity index (χ3v) is 2.76. The zero-order valence-corrected chi connectivity index (χ0v) is 10.3. The summed E-state index contributed by atoms with van der Waals surface area (Å²) < 4.78 is 15.1. The molecule has 0 unspecified atom stereocenters. The molecule has 0 aliphatic rings. The summed E-state index contributed by atoms with van der Waals surface area (Å²) in [7, 11) is 0. The summed E-state index contributed by atoms with van der Waals surface area (Å²) in [6, 6.07) is 6.37. The third kappa shape index (κ3) is 3.03. The minimum absolute atomic E-state index is 0.00393. The minimum atomic E-state index is -0.324. The van der Waals surface area contributed by atoms with Crippen molar-refractivity contribution in [3.63, 3.8) is 0 Å². The van der Waals surface area contributed by atoms with Crippen LogP contribution in [-0.2, 0) is 24.2 Å². The highest BCUT2D eigenvalue weighted by atomic mass is 19.1. The van der Waals surface area contributed by atoms with Crippen molar-refractivity contribution in [1.29, 1.82) is 0 Å². The molecule has 0 aliphatic carbocycles. The molecule has 1 aromatic carbocycles. The van der Waals surface area contributed by atoms with Crippen molar-refractivity contribution >= 4 is 5.78 Å². The number of hydrogen-bond acceptors (Lipinski definition) is 2. The number of carbonyl (C=O) groups excluding carboxylic acids is 1. The van der Waals surface area contributed by atoms with E-state index in [0.717, 1.165) is 12.1 Å². The van der Waals surface area contributed by atoms with E-state index in [0.29, 0.717) is 12.0 Å². The second-order valence-electron chi connectivity index (χ2n) is 4.19. The first-order chi connectivity index (χ1) is 8.69. The van der Waals surface area contributed by atoms with Crippen LogP contribution in [0.1, 0.15) is 18.1 Å². The van der Waals surface area contributed by atoms with Gasteiger partial charge in [-0.3, -0.25) is 9.48 Å². The summed E-state index contributed by atoms with van der Waals surface area (Å²) in [4.78, 5) is 11.8. The fraction of sp³-hybridized carbons (Fsp3) is 0.286. The normalized spacial score (nSPS) is 10.6. The Morgan fingerprint density at radius 2 is 2.11 bits per heavy atom. The molecule has 0 N–H and O–H groups in total. The Kier molecular flexibility index (Phi) is 3.87. The average molecular weight is 246 g/mol. The summed E-state index contributed by atoms with van der Waals surface area (Å²) in [6.07, 6.45) is 3.96. The topological polar surface area (TPSA) is 34.9 Å². The largest absolute Gasteiger partial charge is 0.299 e. The fourth-order valence-electron chi connectivity index (χ4n) is 1.81. The van der Waals surface area contributed by atoms with Gasteiger partial charge in [-0.15, -0.1) is 0 Å². The molecule has 0 saturated heterocycles. The van der Waals surface area contributed by atoms with E-state index in [2.05, 4.69) is 5.10 Å². The van der Waals surface area contributed by atoms with Crippen molar-refractivity contribution < 1.29 is 9.18 Å². The van der Waals surface area contributed by atoms with E-state index >= 15 is 0 Å². The number of halogens is 1. The van der Waals surface area contributed by atoms with Crippen molar-refractivity contribution in [3.05, 3.63) is 53.6 Å². The number of nitrogens with zero attached hydrogens (tertiary/aromatic N) is 2. The number of aryl methyl sites for hydroxylation is 1. The maximum absolute atomic E-state index is 13.4. The first-order valence-corrected chi connectivity index (χ1v) is 5.95. The fourth-order valence-corrected chi connectivity index (χ4v) is 1.81. The molecule has 4 heteroatoms. The Balaban J connectivity index is 1.99. The van der Waals surface area contributed by atoms with Crippen molar-refractivity contribution in [1.82, 2.24) is 9.78 Å². The Labute approximate surface area is 105 Å². The predicted molar refractivity (Wildman–Crippen MR) is 66.7 cm³/mol. The summed E-state index contributed by atoms with van der Waals surface area (Å²) >= 11 is 0. The Morgan fingerprint density at radius 1 is 1.33 bits per heavy atom. The highest BCUT2D eigenvalue weighted by Crippen LogP contribution is 2.09. The van der Waals surface area contributed by atoms with E-state index < -0.39 is 0 Å². The number of carbonyl (C=O) groups is 1. The first-order valence-electron chi connectivity index (χ1n) is 5.95. The van der Waals surface area contributed by atoms with Gasteiger partial charge >= 0.3 is 0 Å². The maximum Gasteiger partial charge on any atom is 0.141 e. The Morgan fingerprint density at radius 3 is 2.78 bits per heavy atom. The van der Waals surface area contributed by atoms with Gasteiger partial charge in [0.25, 0.3) is 0 Å². The summed E-state index contributed by atoms with van der Waals surface area (Å²) in [5.41, 5.74) is 1.32. The van der Waals surface area contributed by atoms with Crippen LogP contribution in [0.2, 0.25) is 0 Å². The quantitative estimate of drug-likeness (QED) is 0.812. The van der Waals surface area contributed by atoms with Crippen molar-refractivity contribution in [2.75, 3.05) is 0 Å². The highest BCUT2D eigenvalue weighted by Gasteiger charge is 2.09. The number of benzene rings is 1. The second kappa shape index (κ2) is 5.58. The molecule has 0 saturated carbocycles. The lowest BCUT2D eigenvalue weighted by Gasteiger charge is -2.01. The van der Waals surface area contributed by atoms with Gasteiger partial charge in [0, 0.05) is 25.6 Å². The van der Waals surface area contributed by atoms with Gasteiger partial charge in [-0.1, -0.05) is 18.2 Å². The molecule has 0 spiro atoms. The first kappa shape index (κ1) is 12.5. The molecule has 0 radical (unpaired) electrons. The van der Waals surface area contributed by atoms with E-state index in [4.69, 9.17) is 0 Å². The molecule has 0 atom stereocenters. The molecule has 0 aliphatic heterocycles. The van der Waals surface area contributed by atoms with Crippen LogP contribution in [-0.4, -0.2) is 15.6 Å². The van der Waals surface area contributed by atoms with E-state index in [9.17, 15) is 9.18 Å². The zero-order chi connectivity index (χ0) is 13.0. The van der Waals surface area contributed by atoms with Crippen LogP contribution in [0.4, 0.5) is 4.39 Å². The molecule has 18 heavy (non-hydrogen) atoms. The van der Waals surface area contributed by atoms with E-state index in [1.54, 1.807) is 29.1 Å². The van der Waals surface area contributed by atoms with Gasteiger partial charge in [0.1, 0.15) is 11.6 Å². The van der Waals surface area contributed by atoms with Crippen LogP contribution in [0.25, 0.3) is 0 Å². The molecular weight excluding hydrogens is 231 g/mol. The van der Waals surface area contributed by atoms with Crippen LogP contribution < -0.4 is 0 Å². The van der Waals surface area contributed by atoms with Gasteiger partial charge < -0.3 is 0 Å². The molecule has 2 rings (SSSR count). The van der Waals surface area contributed by atoms with Gasteiger partial charge in [0.15, 0.2) is 0 Å². The maximum atomic E-state index is 13.4. The van der Waals surface area contributed by atoms with Gasteiger partial charge in [0.2, 0.25) is 0 Å². The predicted octanol–water partition coefficient (Wildman–Crippen LogP) is 2.40. The minimum Gasteiger partial charge on any atom is -0.299 e. The lowest BCUT2D eigenvalue weighted by atomic mass is 10.0. The van der Waals surface area contributed by atoms with Crippen LogP contribution in [0.15, 0.2) is 36.7 Å². The molecule has 94 valence electrons. The van der Waals surface area contributed by atoms with Gasteiger partial charge in [0.05, 0.1) is 6.20 Å². The molecule has 2 aromatic rings. The Hall–Kier alpha value is -1.97. The van der Waals surface area contributed by atoms with E-state index in [1.807, 2.05) is 13.1 Å². The number of ketones is 1. The summed E-state index contributed by atoms with van der Waals surface area (Å²) in [6.45, 7) is 2.76. The molecule has 3 nitrogen and oxygen atoms in total. The monoisotopic (exact) mass is 246 g/mol. The second-order valence-corrected chi connectivity index (χ2v) is 4.19. The lowest BCUT2D eigenvalue weighted by molar-refractivity contribution is -0.117. The Bertz CT molecular complexity index is 548. The summed E-state index contributed by atoms with van der Waals surface area (Å²) in [5.74, 6) is -0.328. The van der Waals surface area contributed by atoms with E-state index in [-0.39, 0.29) is 18.0 Å². The zero-order valence-electron chi connectivity index (χ0n) is 10.3. The van der Waals surface area contributed by atoms with Crippen LogP contribution in [0.5, 0.6) is 0 Å². The third-order valence-electron chi connectivity index (χ3n) is 2.76. The molecule has 1 heterocycles. The number of rotatable bonds is 5. The van der Waals surface area contributed by atoms with Crippen LogP contribution >= 0.6 is 0 Å². The SMILES string of the molecule is CCn1cc(CC(=O)Cc2ccccc2F)cn1. The van der Waals surface area contributed by atoms with Crippen molar-refractivity contribution in [3.8, 4) is 0 Å². The molecule has 1 aromatic heterocycles. The van der Waals surface area contributed by atoms with Crippen molar-refractivity contribution in [2.24, 2.45) is 0 Å². The average Bonchev–Trinajstić information content (AvgIpc) is 2.80. The molecular formula is C14H15FN2O. The molecule has 0 fully saturated rings. The highest BCUT2D eigenvalue weighted by molar-refractivity contribution is 5.83. The number of aromatic nitrogens is 2. The number of Topliss-reactive ketones (excluding diaryl/α,β-unsaturated/α-hetero) is 1. The number of hydrogen-bond donors (Lipinski definition) is 0.